The van der Waals surface area contributed by atoms with E-state index in [1.165, 1.54) is 12.1 Å². The average Bonchev–Trinajstić information content (AvgIpc) is 2.45. The molecule has 0 aromatic heterocycles. The van der Waals surface area contributed by atoms with Gasteiger partial charge in [-0.2, -0.15) is 0 Å². The van der Waals surface area contributed by atoms with Gasteiger partial charge in [0.2, 0.25) is 0 Å². The predicted octanol–water partition coefficient (Wildman–Crippen LogP) is 5.55. The minimum absolute atomic E-state index is 0.230. The molecule has 2 aromatic rings. The molecule has 104 valence electrons. The first kappa shape index (κ1) is 14.8. The molecule has 1 nitrogen and oxygen atoms in total. The average molecular weight is 335 g/mol. The molecule has 2 aromatic carbocycles. The van der Waals surface area contributed by atoms with E-state index >= 15 is 0 Å². The fraction of sp³-hybridized carbons (Fsp3) is 0.176. The van der Waals surface area contributed by atoms with Crippen LogP contribution in [0.4, 0.5) is 4.39 Å². The van der Waals surface area contributed by atoms with Crippen LogP contribution >= 0.6 is 15.9 Å². The van der Waals surface area contributed by atoms with Crippen LogP contribution in [0.3, 0.4) is 0 Å². The van der Waals surface area contributed by atoms with Crippen molar-refractivity contribution in [2.45, 2.75) is 13.3 Å². The van der Waals surface area contributed by atoms with E-state index < -0.39 is 0 Å². The van der Waals surface area contributed by atoms with Crippen LogP contribution in [0.25, 0.3) is 12.2 Å². The zero-order valence-corrected chi connectivity index (χ0v) is 12.9. The molecular formula is C17H16BrFO. The Labute approximate surface area is 127 Å². The maximum Gasteiger partial charge on any atom is 0.123 e. The van der Waals surface area contributed by atoms with Gasteiger partial charge in [0.1, 0.15) is 11.6 Å². The molecule has 3 heteroatoms. The van der Waals surface area contributed by atoms with Crippen LogP contribution in [0.5, 0.6) is 5.75 Å². The van der Waals surface area contributed by atoms with E-state index in [4.69, 9.17) is 4.74 Å². The second-order valence-electron chi connectivity index (χ2n) is 4.42. The van der Waals surface area contributed by atoms with Crippen molar-refractivity contribution in [2.75, 3.05) is 6.61 Å². The summed E-state index contributed by atoms with van der Waals surface area (Å²) in [7, 11) is 0. The number of hydrogen-bond acceptors (Lipinski definition) is 1. The van der Waals surface area contributed by atoms with Crippen molar-refractivity contribution in [3.05, 3.63) is 63.9 Å². The summed E-state index contributed by atoms with van der Waals surface area (Å²) >= 11 is 3.51. The Morgan fingerprint density at radius 2 is 2.00 bits per heavy atom. The highest BCUT2D eigenvalue weighted by molar-refractivity contribution is 9.10. The van der Waals surface area contributed by atoms with Gasteiger partial charge in [-0.25, -0.2) is 4.39 Å². The Hall–Kier alpha value is -1.61. The van der Waals surface area contributed by atoms with E-state index in [1.54, 1.807) is 6.07 Å². The zero-order valence-electron chi connectivity index (χ0n) is 11.3. The number of ether oxygens (including phenoxy) is 1. The van der Waals surface area contributed by atoms with Crippen molar-refractivity contribution >= 4 is 28.1 Å². The van der Waals surface area contributed by atoms with Crippen molar-refractivity contribution in [2.24, 2.45) is 0 Å². The van der Waals surface area contributed by atoms with Gasteiger partial charge in [-0.3, -0.25) is 0 Å². The van der Waals surface area contributed by atoms with E-state index in [0.717, 1.165) is 27.8 Å². The predicted molar refractivity (Wildman–Crippen MR) is 85.3 cm³/mol. The highest BCUT2D eigenvalue weighted by Gasteiger charge is 2.00. The lowest BCUT2D eigenvalue weighted by atomic mass is 10.1. The number of rotatable bonds is 5. The lowest BCUT2D eigenvalue weighted by molar-refractivity contribution is 0.317. The lowest BCUT2D eigenvalue weighted by Crippen LogP contribution is -1.95. The molecule has 0 unspecified atom stereocenters. The van der Waals surface area contributed by atoms with Crippen LogP contribution in [0.2, 0.25) is 0 Å². The van der Waals surface area contributed by atoms with Gasteiger partial charge in [0.25, 0.3) is 0 Å². The van der Waals surface area contributed by atoms with Crippen LogP contribution in [-0.4, -0.2) is 6.61 Å². The van der Waals surface area contributed by atoms with E-state index in [2.05, 4.69) is 22.9 Å². The highest BCUT2D eigenvalue weighted by atomic mass is 79.9. The third kappa shape index (κ3) is 4.20. The van der Waals surface area contributed by atoms with Crippen molar-refractivity contribution in [1.29, 1.82) is 0 Å². The summed E-state index contributed by atoms with van der Waals surface area (Å²) < 4.78 is 19.7. The third-order valence-corrected chi connectivity index (χ3v) is 3.47. The second kappa shape index (κ2) is 7.25. The summed E-state index contributed by atoms with van der Waals surface area (Å²) in [5.74, 6) is 0.611. The van der Waals surface area contributed by atoms with Crippen LogP contribution in [0, 0.1) is 5.82 Å². The summed E-state index contributed by atoms with van der Waals surface area (Å²) in [6.45, 7) is 2.78. The van der Waals surface area contributed by atoms with Crippen LogP contribution < -0.4 is 4.74 Å². The quantitative estimate of drug-likeness (QED) is 0.651. The Morgan fingerprint density at radius 3 is 2.75 bits per heavy atom. The Kier molecular flexibility index (Phi) is 5.36. The number of benzene rings is 2. The third-order valence-electron chi connectivity index (χ3n) is 2.74. The number of halogens is 2. The molecule has 0 heterocycles. The van der Waals surface area contributed by atoms with Crippen molar-refractivity contribution in [3.63, 3.8) is 0 Å². The molecular weight excluding hydrogens is 319 g/mol. The lowest BCUT2D eigenvalue weighted by Gasteiger charge is -2.06. The van der Waals surface area contributed by atoms with E-state index in [-0.39, 0.29) is 5.82 Å². The molecule has 0 atom stereocenters. The van der Waals surface area contributed by atoms with E-state index in [0.29, 0.717) is 6.61 Å². The van der Waals surface area contributed by atoms with Gasteiger partial charge in [-0.1, -0.05) is 47.1 Å². The van der Waals surface area contributed by atoms with Crippen molar-refractivity contribution < 1.29 is 9.13 Å². The Balaban J connectivity index is 2.19. The second-order valence-corrected chi connectivity index (χ2v) is 5.27. The van der Waals surface area contributed by atoms with Gasteiger partial charge < -0.3 is 4.74 Å². The fourth-order valence-electron chi connectivity index (χ4n) is 1.76. The van der Waals surface area contributed by atoms with Crippen LogP contribution in [0.1, 0.15) is 24.5 Å². The van der Waals surface area contributed by atoms with Gasteiger partial charge in [-0.05, 0) is 47.9 Å². The van der Waals surface area contributed by atoms with Gasteiger partial charge in [-0.15, -0.1) is 0 Å². The Bertz CT molecular complexity index is 608. The maximum atomic E-state index is 13.1. The molecule has 0 saturated carbocycles. The Morgan fingerprint density at radius 1 is 1.15 bits per heavy atom. The minimum Gasteiger partial charge on any atom is -0.494 e. The molecule has 0 aliphatic heterocycles. The topological polar surface area (TPSA) is 9.23 Å². The smallest absolute Gasteiger partial charge is 0.123 e. The largest absolute Gasteiger partial charge is 0.494 e. The van der Waals surface area contributed by atoms with Gasteiger partial charge in [0.15, 0.2) is 0 Å². The molecule has 0 amide bonds. The van der Waals surface area contributed by atoms with Crippen molar-refractivity contribution in [3.8, 4) is 5.75 Å². The van der Waals surface area contributed by atoms with Crippen molar-refractivity contribution in [1.82, 2.24) is 0 Å². The molecule has 0 spiro atoms. The summed E-state index contributed by atoms with van der Waals surface area (Å²) in [6, 6.07) is 12.4. The number of hydrogen-bond donors (Lipinski definition) is 0. The molecule has 0 fully saturated rings. The first-order chi connectivity index (χ1) is 9.69. The SMILES string of the molecule is CCCOc1ccc(Br)c(C=Cc2cccc(F)c2)c1. The summed E-state index contributed by atoms with van der Waals surface area (Å²) in [4.78, 5) is 0. The molecule has 0 aliphatic rings. The van der Waals surface area contributed by atoms with E-state index in [1.807, 2.05) is 36.4 Å². The van der Waals surface area contributed by atoms with Gasteiger partial charge >= 0.3 is 0 Å². The van der Waals surface area contributed by atoms with Crippen LogP contribution in [-0.2, 0) is 0 Å². The van der Waals surface area contributed by atoms with Gasteiger partial charge in [0, 0.05) is 4.47 Å². The standard InChI is InChI=1S/C17H16BrFO/c1-2-10-20-16-8-9-17(18)14(12-16)7-6-13-4-3-5-15(19)11-13/h3-9,11-12H,2,10H2,1H3. The summed E-state index contributed by atoms with van der Waals surface area (Å²) in [6.07, 6.45) is 4.80. The minimum atomic E-state index is -0.230. The van der Waals surface area contributed by atoms with Crippen LogP contribution in [0.15, 0.2) is 46.9 Å². The van der Waals surface area contributed by atoms with E-state index in [9.17, 15) is 4.39 Å². The monoisotopic (exact) mass is 334 g/mol. The first-order valence-corrected chi connectivity index (χ1v) is 7.34. The molecule has 0 saturated heterocycles. The highest BCUT2D eigenvalue weighted by Crippen LogP contribution is 2.24. The summed E-state index contributed by atoms with van der Waals surface area (Å²) in [5, 5.41) is 0. The molecule has 20 heavy (non-hydrogen) atoms. The first-order valence-electron chi connectivity index (χ1n) is 6.55. The summed E-state index contributed by atoms with van der Waals surface area (Å²) in [5.41, 5.74) is 1.83. The molecule has 0 N–H and O–H groups in total. The fourth-order valence-corrected chi connectivity index (χ4v) is 2.13. The normalized spacial score (nSPS) is 10.9. The maximum absolute atomic E-state index is 13.1. The molecule has 0 aliphatic carbocycles. The zero-order chi connectivity index (χ0) is 14.4. The molecule has 0 bridgehead atoms. The van der Waals surface area contributed by atoms with Gasteiger partial charge in [0.05, 0.1) is 6.61 Å². The molecule has 0 radical (unpaired) electrons. The molecule has 2 rings (SSSR count).